The van der Waals surface area contributed by atoms with Gasteiger partial charge in [-0.05, 0) is 43.5 Å². The molecule has 1 aromatic carbocycles. The Morgan fingerprint density at radius 2 is 2.30 bits per heavy atom. The average molecular weight is 342 g/mol. The molecule has 1 aliphatic heterocycles. The molecule has 1 N–H and O–H groups in total. The van der Waals surface area contributed by atoms with Crippen molar-refractivity contribution in [2.75, 3.05) is 18.5 Å². The van der Waals surface area contributed by atoms with Crippen molar-refractivity contribution in [2.24, 2.45) is 0 Å². The molecule has 0 saturated carbocycles. The first-order chi connectivity index (χ1) is 9.56. The van der Waals surface area contributed by atoms with Crippen molar-refractivity contribution in [3.8, 4) is 0 Å². The molecule has 0 radical (unpaired) electrons. The molecule has 20 heavy (non-hydrogen) atoms. The maximum absolute atomic E-state index is 11.7. The average Bonchev–Trinajstić information content (AvgIpc) is 2.93. The molecule has 0 bridgehead atoms. The molecular weight excluding hydrogens is 326 g/mol. The highest BCUT2D eigenvalue weighted by Gasteiger charge is 2.25. The van der Waals surface area contributed by atoms with Crippen LogP contribution in [0.1, 0.15) is 18.4 Å². The first-order valence-corrected chi connectivity index (χ1v) is 7.20. The van der Waals surface area contributed by atoms with E-state index >= 15 is 0 Å². The molecule has 1 heterocycles. The van der Waals surface area contributed by atoms with Crippen molar-refractivity contribution in [1.82, 2.24) is 0 Å². The van der Waals surface area contributed by atoms with Crippen LogP contribution in [-0.2, 0) is 19.1 Å². The molecule has 108 valence electrons. The number of esters is 1. The fourth-order valence-electron chi connectivity index (χ4n) is 1.95. The third-order valence-electron chi connectivity index (χ3n) is 3.00. The van der Waals surface area contributed by atoms with Crippen LogP contribution in [0.5, 0.6) is 0 Å². The monoisotopic (exact) mass is 341 g/mol. The van der Waals surface area contributed by atoms with Gasteiger partial charge in [-0.25, -0.2) is 4.79 Å². The number of halogens is 1. The van der Waals surface area contributed by atoms with E-state index in [-0.39, 0.29) is 12.5 Å². The zero-order chi connectivity index (χ0) is 14.5. The standard InChI is InChI=1S/C14H16BrNO4/c1-9-7-10(15)4-5-11(9)16-13(17)8-20-14(18)12-3-2-6-19-12/h4-5,7,12H,2-3,6,8H2,1H3,(H,16,17)/t12-/m0/s1. The van der Waals surface area contributed by atoms with E-state index in [2.05, 4.69) is 21.2 Å². The molecule has 2 rings (SSSR count). The molecule has 1 fully saturated rings. The number of nitrogens with one attached hydrogen (secondary N) is 1. The van der Waals surface area contributed by atoms with E-state index < -0.39 is 12.1 Å². The van der Waals surface area contributed by atoms with Crippen molar-refractivity contribution in [2.45, 2.75) is 25.9 Å². The molecule has 1 saturated heterocycles. The zero-order valence-corrected chi connectivity index (χ0v) is 12.7. The lowest BCUT2D eigenvalue weighted by Crippen LogP contribution is -2.27. The number of aryl methyl sites for hydroxylation is 1. The first-order valence-electron chi connectivity index (χ1n) is 6.40. The van der Waals surface area contributed by atoms with Gasteiger partial charge in [0.05, 0.1) is 0 Å². The molecule has 0 aliphatic carbocycles. The van der Waals surface area contributed by atoms with Crippen molar-refractivity contribution in [3.05, 3.63) is 28.2 Å². The molecule has 5 nitrogen and oxygen atoms in total. The number of carbonyl (C=O) groups is 2. The fourth-order valence-corrected chi connectivity index (χ4v) is 2.42. The minimum absolute atomic E-state index is 0.297. The lowest BCUT2D eigenvalue weighted by Gasteiger charge is -2.11. The fraction of sp³-hybridized carbons (Fsp3) is 0.429. The molecule has 1 amide bonds. The Labute approximate surface area is 125 Å². The van der Waals surface area contributed by atoms with Crippen LogP contribution in [0.3, 0.4) is 0 Å². The Morgan fingerprint density at radius 1 is 1.50 bits per heavy atom. The van der Waals surface area contributed by atoms with Gasteiger partial charge in [0.2, 0.25) is 0 Å². The topological polar surface area (TPSA) is 64.6 Å². The summed E-state index contributed by atoms with van der Waals surface area (Å²) in [6, 6.07) is 5.52. The number of carbonyl (C=O) groups excluding carboxylic acids is 2. The predicted molar refractivity (Wildman–Crippen MR) is 77.4 cm³/mol. The van der Waals surface area contributed by atoms with Crippen LogP contribution in [0.4, 0.5) is 5.69 Å². The van der Waals surface area contributed by atoms with Gasteiger partial charge in [-0.2, -0.15) is 0 Å². The molecule has 0 spiro atoms. The number of amides is 1. The summed E-state index contributed by atoms with van der Waals surface area (Å²) >= 11 is 3.35. The summed E-state index contributed by atoms with van der Waals surface area (Å²) < 4.78 is 11.1. The highest BCUT2D eigenvalue weighted by molar-refractivity contribution is 9.10. The van der Waals surface area contributed by atoms with Crippen molar-refractivity contribution < 1.29 is 19.1 Å². The lowest BCUT2D eigenvalue weighted by atomic mass is 10.2. The summed E-state index contributed by atoms with van der Waals surface area (Å²) in [6.45, 7) is 2.16. The van der Waals surface area contributed by atoms with Gasteiger partial charge in [0.25, 0.3) is 5.91 Å². The lowest BCUT2D eigenvalue weighted by molar-refractivity contribution is -0.156. The van der Waals surface area contributed by atoms with E-state index in [0.717, 1.165) is 16.5 Å². The number of ether oxygens (including phenoxy) is 2. The summed E-state index contributed by atoms with van der Waals surface area (Å²) in [6.07, 6.45) is 0.994. The minimum atomic E-state index is -0.516. The summed E-state index contributed by atoms with van der Waals surface area (Å²) in [5.74, 6) is -0.827. The van der Waals surface area contributed by atoms with Crippen LogP contribution in [0.25, 0.3) is 0 Å². The third kappa shape index (κ3) is 4.05. The third-order valence-corrected chi connectivity index (χ3v) is 3.49. The highest BCUT2D eigenvalue weighted by atomic mass is 79.9. The minimum Gasteiger partial charge on any atom is -0.454 e. The van der Waals surface area contributed by atoms with E-state index in [1.807, 2.05) is 19.1 Å². The number of benzene rings is 1. The molecule has 1 atom stereocenters. The van der Waals surface area contributed by atoms with Gasteiger partial charge in [0, 0.05) is 16.8 Å². The van der Waals surface area contributed by atoms with Crippen molar-refractivity contribution in [1.29, 1.82) is 0 Å². The second-order valence-electron chi connectivity index (χ2n) is 4.62. The largest absolute Gasteiger partial charge is 0.454 e. The highest BCUT2D eigenvalue weighted by Crippen LogP contribution is 2.20. The second-order valence-corrected chi connectivity index (χ2v) is 5.53. The van der Waals surface area contributed by atoms with Crippen LogP contribution in [0, 0.1) is 6.92 Å². The number of hydrogen-bond donors (Lipinski definition) is 1. The number of anilines is 1. The number of rotatable bonds is 4. The van der Waals surface area contributed by atoms with E-state index in [1.54, 1.807) is 6.07 Å². The Balaban J connectivity index is 1.81. The normalized spacial score (nSPS) is 17.8. The summed E-state index contributed by atoms with van der Waals surface area (Å²) in [5, 5.41) is 2.71. The van der Waals surface area contributed by atoms with Crippen LogP contribution < -0.4 is 5.32 Å². The van der Waals surface area contributed by atoms with E-state index in [1.165, 1.54) is 0 Å². The van der Waals surface area contributed by atoms with Crippen molar-refractivity contribution >= 4 is 33.5 Å². The van der Waals surface area contributed by atoms with Gasteiger partial charge >= 0.3 is 5.97 Å². The number of hydrogen-bond acceptors (Lipinski definition) is 4. The van der Waals surface area contributed by atoms with E-state index in [9.17, 15) is 9.59 Å². The quantitative estimate of drug-likeness (QED) is 0.854. The second kappa shape index (κ2) is 6.85. The van der Waals surface area contributed by atoms with E-state index in [4.69, 9.17) is 9.47 Å². The van der Waals surface area contributed by atoms with Crippen LogP contribution in [-0.4, -0.2) is 31.2 Å². The molecule has 1 aromatic rings. The molecule has 0 unspecified atom stereocenters. The molecule has 0 aromatic heterocycles. The Hall–Kier alpha value is -1.40. The van der Waals surface area contributed by atoms with Gasteiger partial charge in [-0.3, -0.25) is 4.79 Å². The summed E-state index contributed by atoms with van der Waals surface area (Å²) in [4.78, 5) is 23.3. The maximum atomic E-state index is 11.7. The van der Waals surface area contributed by atoms with E-state index in [0.29, 0.717) is 18.7 Å². The van der Waals surface area contributed by atoms with Gasteiger partial charge in [-0.1, -0.05) is 15.9 Å². The summed E-state index contributed by atoms with van der Waals surface area (Å²) in [7, 11) is 0. The Kier molecular flexibility index (Phi) is 5.14. The molecule has 1 aliphatic rings. The first kappa shape index (κ1) is 15.0. The SMILES string of the molecule is Cc1cc(Br)ccc1NC(=O)COC(=O)[C@@H]1CCCO1. The van der Waals surface area contributed by atoms with Gasteiger partial charge < -0.3 is 14.8 Å². The zero-order valence-electron chi connectivity index (χ0n) is 11.1. The van der Waals surface area contributed by atoms with Crippen LogP contribution in [0.2, 0.25) is 0 Å². The summed E-state index contributed by atoms with van der Waals surface area (Å²) in [5.41, 5.74) is 1.63. The van der Waals surface area contributed by atoms with Crippen LogP contribution >= 0.6 is 15.9 Å². The Morgan fingerprint density at radius 3 is 2.95 bits per heavy atom. The van der Waals surface area contributed by atoms with Gasteiger partial charge in [0.15, 0.2) is 12.7 Å². The predicted octanol–water partition coefficient (Wildman–Crippen LogP) is 2.42. The maximum Gasteiger partial charge on any atom is 0.335 e. The molecule has 6 heteroatoms. The smallest absolute Gasteiger partial charge is 0.335 e. The Bertz CT molecular complexity index is 512. The van der Waals surface area contributed by atoms with Crippen LogP contribution in [0.15, 0.2) is 22.7 Å². The van der Waals surface area contributed by atoms with Gasteiger partial charge in [0.1, 0.15) is 0 Å². The molecular formula is C14H16BrNO4. The van der Waals surface area contributed by atoms with Gasteiger partial charge in [-0.15, -0.1) is 0 Å². The van der Waals surface area contributed by atoms with Crippen molar-refractivity contribution in [3.63, 3.8) is 0 Å².